The van der Waals surface area contributed by atoms with Gasteiger partial charge in [-0.3, -0.25) is 24.3 Å². The molecule has 3 aromatic carbocycles. The van der Waals surface area contributed by atoms with Gasteiger partial charge in [0.05, 0.1) is 11.3 Å². The minimum Gasteiger partial charge on any atom is -0.480 e. The van der Waals surface area contributed by atoms with E-state index in [4.69, 9.17) is 5.73 Å². The number of carboxylic acid groups (broad SMARTS) is 1. The Morgan fingerprint density at radius 2 is 1.59 bits per heavy atom. The van der Waals surface area contributed by atoms with E-state index in [1.807, 2.05) is 30.3 Å². The third kappa shape index (κ3) is 6.12. The van der Waals surface area contributed by atoms with Gasteiger partial charge in [0.15, 0.2) is 5.78 Å². The van der Waals surface area contributed by atoms with Gasteiger partial charge in [0.25, 0.3) is 5.56 Å². The standard InChI is InChI=1S/C33H32FN3O4/c34-25-14-12-24(13-15-25)31(39)27-18-19-28(38)37(32(27)35)26-16-10-21(11-17-26)20-36-30(33(40)41)29(23-8-4-5-9-23)22-6-2-1-3-7-22/h1-3,6-7,10-19,23,29-30,36H,4-5,8-9,20,35H2,(H,40,41). The summed E-state index contributed by atoms with van der Waals surface area (Å²) in [7, 11) is 0. The van der Waals surface area contributed by atoms with Gasteiger partial charge < -0.3 is 10.8 Å². The predicted octanol–water partition coefficient (Wildman–Crippen LogP) is 5.31. The minimum atomic E-state index is -0.885. The number of ketones is 1. The van der Waals surface area contributed by atoms with Crippen molar-refractivity contribution in [3.05, 3.63) is 129 Å². The van der Waals surface area contributed by atoms with Gasteiger partial charge in [-0.2, -0.15) is 0 Å². The molecule has 0 spiro atoms. The summed E-state index contributed by atoms with van der Waals surface area (Å²) in [4.78, 5) is 38.2. The van der Waals surface area contributed by atoms with Gasteiger partial charge >= 0.3 is 5.97 Å². The van der Waals surface area contributed by atoms with Gasteiger partial charge in [-0.25, -0.2) is 4.39 Å². The maximum absolute atomic E-state index is 13.3. The Hall–Kier alpha value is -4.56. The van der Waals surface area contributed by atoms with Crippen LogP contribution in [0.4, 0.5) is 10.2 Å². The van der Waals surface area contributed by atoms with Crippen LogP contribution in [0.25, 0.3) is 5.69 Å². The topological polar surface area (TPSA) is 114 Å². The van der Waals surface area contributed by atoms with E-state index in [2.05, 4.69) is 5.32 Å². The number of nitrogens with one attached hydrogen (secondary N) is 1. The van der Waals surface area contributed by atoms with E-state index in [9.17, 15) is 23.9 Å². The number of aromatic nitrogens is 1. The lowest BCUT2D eigenvalue weighted by molar-refractivity contribution is -0.140. The lowest BCUT2D eigenvalue weighted by atomic mass is 9.79. The van der Waals surface area contributed by atoms with E-state index in [-0.39, 0.29) is 22.9 Å². The van der Waals surface area contributed by atoms with Crippen molar-refractivity contribution >= 4 is 17.6 Å². The molecule has 210 valence electrons. The number of rotatable bonds is 10. The average Bonchev–Trinajstić information content (AvgIpc) is 3.51. The zero-order chi connectivity index (χ0) is 28.9. The van der Waals surface area contributed by atoms with E-state index in [1.54, 1.807) is 24.3 Å². The number of hydrogen-bond donors (Lipinski definition) is 3. The first-order valence-electron chi connectivity index (χ1n) is 13.8. The van der Waals surface area contributed by atoms with Gasteiger partial charge in [-0.15, -0.1) is 0 Å². The Labute approximate surface area is 237 Å². The second-order valence-electron chi connectivity index (χ2n) is 10.5. The van der Waals surface area contributed by atoms with Crippen LogP contribution in [0, 0.1) is 11.7 Å². The fraction of sp³-hybridized carbons (Fsp3) is 0.242. The molecule has 0 aliphatic heterocycles. The highest BCUT2D eigenvalue weighted by Gasteiger charge is 2.36. The van der Waals surface area contributed by atoms with Crippen LogP contribution in [0.2, 0.25) is 0 Å². The van der Waals surface area contributed by atoms with E-state index < -0.39 is 29.2 Å². The summed E-state index contributed by atoms with van der Waals surface area (Å²) in [6, 6.07) is 23.9. The number of carboxylic acids is 1. The van der Waals surface area contributed by atoms with Crippen molar-refractivity contribution in [2.75, 3.05) is 5.73 Å². The van der Waals surface area contributed by atoms with Crippen molar-refractivity contribution in [3.63, 3.8) is 0 Å². The number of carbonyl (C=O) groups excluding carboxylic acids is 1. The van der Waals surface area contributed by atoms with Crippen molar-refractivity contribution in [2.45, 2.75) is 44.2 Å². The average molecular weight is 554 g/mol. The SMILES string of the molecule is Nc1c(C(=O)c2ccc(F)cc2)ccc(=O)n1-c1ccc(CNC(C(=O)O)C(c2ccccc2)C2CCCC2)cc1. The van der Waals surface area contributed by atoms with Crippen LogP contribution in [0.15, 0.2) is 95.8 Å². The molecule has 41 heavy (non-hydrogen) atoms. The number of nitrogens with two attached hydrogens (primary N) is 1. The van der Waals surface area contributed by atoms with Gasteiger partial charge in [0, 0.05) is 24.1 Å². The highest BCUT2D eigenvalue weighted by Crippen LogP contribution is 2.39. The lowest BCUT2D eigenvalue weighted by Crippen LogP contribution is -2.43. The summed E-state index contributed by atoms with van der Waals surface area (Å²) in [6.45, 7) is 0.320. The molecule has 4 aromatic rings. The zero-order valence-electron chi connectivity index (χ0n) is 22.5. The van der Waals surface area contributed by atoms with E-state index in [0.717, 1.165) is 36.8 Å². The van der Waals surface area contributed by atoms with Crippen LogP contribution in [-0.2, 0) is 11.3 Å². The molecule has 1 fully saturated rings. The molecule has 8 heteroatoms. The number of carbonyl (C=O) groups is 2. The molecule has 5 rings (SSSR count). The van der Waals surface area contributed by atoms with Crippen LogP contribution < -0.4 is 16.6 Å². The van der Waals surface area contributed by atoms with Gasteiger partial charge in [0.2, 0.25) is 0 Å². The molecule has 2 atom stereocenters. The Morgan fingerprint density at radius 1 is 0.927 bits per heavy atom. The quantitative estimate of drug-likeness (QED) is 0.230. The molecule has 0 amide bonds. The number of aliphatic carboxylic acids is 1. The first-order chi connectivity index (χ1) is 19.8. The Balaban J connectivity index is 1.36. The molecule has 1 aliphatic carbocycles. The molecule has 4 N–H and O–H groups in total. The molecule has 0 bridgehead atoms. The molecule has 0 saturated heterocycles. The van der Waals surface area contributed by atoms with Crippen molar-refractivity contribution in [2.24, 2.45) is 5.92 Å². The number of halogens is 1. The first kappa shape index (κ1) is 28.0. The lowest BCUT2D eigenvalue weighted by Gasteiger charge is -2.30. The summed E-state index contributed by atoms with van der Waals surface area (Å²) < 4.78 is 14.6. The summed E-state index contributed by atoms with van der Waals surface area (Å²) in [6.07, 6.45) is 4.25. The second-order valence-corrected chi connectivity index (χ2v) is 10.5. The smallest absolute Gasteiger partial charge is 0.321 e. The van der Waals surface area contributed by atoms with E-state index >= 15 is 0 Å². The predicted molar refractivity (Wildman–Crippen MR) is 156 cm³/mol. The number of benzene rings is 3. The molecular weight excluding hydrogens is 521 g/mol. The third-order valence-electron chi connectivity index (χ3n) is 7.92. The van der Waals surface area contributed by atoms with E-state index in [1.165, 1.54) is 41.0 Å². The fourth-order valence-corrected chi connectivity index (χ4v) is 5.86. The van der Waals surface area contributed by atoms with Crippen molar-refractivity contribution in [1.29, 1.82) is 0 Å². The van der Waals surface area contributed by atoms with Crippen LogP contribution in [0.5, 0.6) is 0 Å². The molecular formula is C33H32FN3O4. The Kier molecular flexibility index (Phi) is 8.40. The molecule has 1 aliphatic rings. The monoisotopic (exact) mass is 553 g/mol. The molecule has 2 unspecified atom stereocenters. The highest BCUT2D eigenvalue weighted by atomic mass is 19.1. The normalized spacial score (nSPS) is 15.0. The van der Waals surface area contributed by atoms with Gasteiger partial charge in [0.1, 0.15) is 17.7 Å². The van der Waals surface area contributed by atoms with Crippen molar-refractivity contribution in [3.8, 4) is 5.69 Å². The minimum absolute atomic E-state index is 0.0223. The largest absolute Gasteiger partial charge is 0.480 e. The van der Waals surface area contributed by atoms with Crippen LogP contribution >= 0.6 is 0 Å². The zero-order valence-corrected chi connectivity index (χ0v) is 22.5. The Morgan fingerprint density at radius 3 is 2.22 bits per heavy atom. The summed E-state index contributed by atoms with van der Waals surface area (Å²) in [5.41, 5.74) is 8.60. The van der Waals surface area contributed by atoms with Crippen molar-refractivity contribution in [1.82, 2.24) is 9.88 Å². The van der Waals surface area contributed by atoms with Crippen molar-refractivity contribution < 1.29 is 19.1 Å². The maximum atomic E-state index is 13.3. The molecule has 0 radical (unpaired) electrons. The fourth-order valence-electron chi connectivity index (χ4n) is 5.86. The Bertz CT molecular complexity index is 1580. The second kappa shape index (κ2) is 12.3. The number of hydrogen-bond acceptors (Lipinski definition) is 5. The number of pyridine rings is 1. The van der Waals surface area contributed by atoms with E-state index in [0.29, 0.717) is 18.2 Å². The number of nitrogens with zero attached hydrogens (tertiary/aromatic N) is 1. The summed E-state index contributed by atoms with van der Waals surface area (Å²) >= 11 is 0. The third-order valence-corrected chi connectivity index (χ3v) is 7.92. The molecule has 1 saturated carbocycles. The molecule has 1 heterocycles. The molecule has 7 nitrogen and oxygen atoms in total. The van der Waals surface area contributed by atoms with Gasteiger partial charge in [-0.05, 0) is 72.4 Å². The van der Waals surface area contributed by atoms with Crippen LogP contribution in [0.1, 0.15) is 58.6 Å². The van der Waals surface area contributed by atoms with Crippen LogP contribution in [-0.4, -0.2) is 27.5 Å². The first-order valence-corrected chi connectivity index (χ1v) is 13.8. The highest BCUT2D eigenvalue weighted by molar-refractivity contribution is 6.11. The summed E-state index contributed by atoms with van der Waals surface area (Å²) in [5.74, 6) is -1.64. The van der Waals surface area contributed by atoms with Gasteiger partial charge in [-0.1, -0.05) is 55.3 Å². The number of nitrogen functional groups attached to an aromatic ring is 1. The van der Waals surface area contributed by atoms with Crippen LogP contribution in [0.3, 0.4) is 0 Å². The summed E-state index contributed by atoms with van der Waals surface area (Å²) in [5, 5.41) is 13.5. The maximum Gasteiger partial charge on any atom is 0.321 e. The number of anilines is 1. The molecule has 1 aromatic heterocycles.